The first-order valence-corrected chi connectivity index (χ1v) is 7.71. The molecule has 0 bridgehead atoms. The van der Waals surface area contributed by atoms with Crippen molar-refractivity contribution in [2.75, 3.05) is 20.3 Å². The smallest absolute Gasteiger partial charge is 0.0798 e. The first-order valence-electron chi connectivity index (χ1n) is 6.83. The zero-order valence-electron chi connectivity index (χ0n) is 12.2. The van der Waals surface area contributed by atoms with Gasteiger partial charge in [-0.05, 0) is 18.9 Å². The van der Waals surface area contributed by atoms with Crippen molar-refractivity contribution in [1.82, 2.24) is 19.7 Å². The minimum atomic E-state index is 0.276. The van der Waals surface area contributed by atoms with E-state index in [4.69, 9.17) is 4.74 Å². The number of hydrogen-bond acceptors (Lipinski definition) is 5. The number of fused-ring (bicyclic) bond motifs is 1. The van der Waals surface area contributed by atoms with Crippen LogP contribution < -0.4 is 0 Å². The lowest BCUT2D eigenvalue weighted by atomic mass is 10.00. The second-order valence-electron chi connectivity index (χ2n) is 5.23. The lowest BCUT2D eigenvalue weighted by Gasteiger charge is -2.35. The number of hydrogen-bond donors (Lipinski definition) is 0. The van der Waals surface area contributed by atoms with Gasteiger partial charge in [0.15, 0.2) is 0 Å². The lowest BCUT2D eigenvalue weighted by Crippen LogP contribution is -2.38. The van der Waals surface area contributed by atoms with Crippen LogP contribution in [0.3, 0.4) is 0 Å². The highest BCUT2D eigenvalue weighted by Crippen LogP contribution is 2.31. The molecule has 0 radical (unpaired) electrons. The molecule has 0 spiro atoms. The van der Waals surface area contributed by atoms with Gasteiger partial charge in [0.05, 0.1) is 35.7 Å². The number of nitrogens with zero attached hydrogens (tertiary/aromatic N) is 4. The number of aryl methyl sites for hydroxylation is 2. The molecule has 20 heavy (non-hydrogen) atoms. The van der Waals surface area contributed by atoms with Crippen molar-refractivity contribution >= 4 is 11.3 Å². The highest BCUT2D eigenvalue weighted by atomic mass is 32.1. The Kier molecular flexibility index (Phi) is 3.87. The molecule has 6 heteroatoms. The molecular weight excluding hydrogens is 272 g/mol. The zero-order valence-corrected chi connectivity index (χ0v) is 13.0. The largest absolute Gasteiger partial charge is 0.383 e. The molecule has 108 valence electrons. The molecule has 0 N–H and O–H groups in total. The highest BCUT2D eigenvalue weighted by molar-refractivity contribution is 7.09. The molecule has 3 heterocycles. The fraction of sp³-hybridized carbons (Fsp3) is 0.571. The van der Waals surface area contributed by atoms with E-state index in [1.165, 1.54) is 16.1 Å². The van der Waals surface area contributed by atoms with Crippen molar-refractivity contribution in [2.24, 2.45) is 7.05 Å². The maximum absolute atomic E-state index is 5.45. The predicted molar refractivity (Wildman–Crippen MR) is 78.8 cm³/mol. The minimum Gasteiger partial charge on any atom is -0.383 e. The van der Waals surface area contributed by atoms with Crippen LogP contribution in [-0.4, -0.2) is 39.9 Å². The summed E-state index contributed by atoms with van der Waals surface area (Å²) in [4.78, 5) is 8.17. The van der Waals surface area contributed by atoms with Crippen molar-refractivity contribution in [3.63, 3.8) is 0 Å². The first kappa shape index (κ1) is 13.7. The summed E-state index contributed by atoms with van der Waals surface area (Å²) < 4.78 is 7.44. The Hall–Kier alpha value is -1.24. The summed E-state index contributed by atoms with van der Waals surface area (Å²) in [5.74, 6) is 0. The van der Waals surface area contributed by atoms with Crippen LogP contribution in [0.25, 0.3) is 0 Å². The van der Waals surface area contributed by atoms with Gasteiger partial charge in [-0.1, -0.05) is 0 Å². The van der Waals surface area contributed by atoms with E-state index in [1.54, 1.807) is 18.4 Å². The van der Waals surface area contributed by atoms with Crippen LogP contribution in [0.2, 0.25) is 0 Å². The third-order valence-corrected chi connectivity index (χ3v) is 4.93. The molecule has 0 amide bonds. The summed E-state index contributed by atoms with van der Waals surface area (Å²) in [6.07, 6.45) is 3.05. The first-order chi connectivity index (χ1) is 9.70. The molecule has 0 fully saturated rings. The Morgan fingerprint density at radius 2 is 2.35 bits per heavy atom. The van der Waals surface area contributed by atoms with E-state index >= 15 is 0 Å². The minimum absolute atomic E-state index is 0.276. The molecule has 1 unspecified atom stereocenters. The van der Waals surface area contributed by atoms with E-state index in [0.717, 1.165) is 25.2 Å². The predicted octanol–water partition coefficient (Wildman–Crippen LogP) is 1.93. The van der Waals surface area contributed by atoms with Crippen molar-refractivity contribution in [2.45, 2.75) is 25.9 Å². The number of rotatable bonds is 4. The van der Waals surface area contributed by atoms with Gasteiger partial charge in [-0.2, -0.15) is 5.10 Å². The second-order valence-corrected chi connectivity index (χ2v) is 6.17. The van der Waals surface area contributed by atoms with Gasteiger partial charge in [-0.15, -0.1) is 11.3 Å². The normalized spacial score (nSPS) is 19.2. The highest BCUT2D eigenvalue weighted by Gasteiger charge is 2.30. The molecule has 0 aliphatic carbocycles. The van der Waals surface area contributed by atoms with Crippen molar-refractivity contribution < 1.29 is 4.74 Å². The topological polar surface area (TPSA) is 43.2 Å². The van der Waals surface area contributed by atoms with Crippen LogP contribution in [-0.2, 0) is 24.8 Å². The van der Waals surface area contributed by atoms with Crippen LogP contribution >= 0.6 is 11.3 Å². The van der Waals surface area contributed by atoms with Gasteiger partial charge in [0, 0.05) is 32.1 Å². The van der Waals surface area contributed by atoms with Crippen LogP contribution in [0.5, 0.6) is 0 Å². The van der Waals surface area contributed by atoms with Gasteiger partial charge in [0.25, 0.3) is 0 Å². The fourth-order valence-corrected chi connectivity index (χ4v) is 3.70. The number of ether oxygens (including phenoxy) is 1. The zero-order chi connectivity index (χ0) is 14.1. The van der Waals surface area contributed by atoms with Crippen LogP contribution in [0.4, 0.5) is 0 Å². The fourth-order valence-electron chi connectivity index (χ4n) is 2.90. The van der Waals surface area contributed by atoms with Gasteiger partial charge in [-0.25, -0.2) is 4.98 Å². The van der Waals surface area contributed by atoms with Gasteiger partial charge in [0.2, 0.25) is 0 Å². The average molecular weight is 292 g/mol. The quantitative estimate of drug-likeness (QED) is 0.863. The second kappa shape index (κ2) is 5.63. The SMILES string of the molecule is COCC1c2c(cnn2C)CCN1Cc1scnc1C. The Bertz CT molecular complexity index is 592. The van der Waals surface area contributed by atoms with Gasteiger partial charge < -0.3 is 4.74 Å². The van der Waals surface area contributed by atoms with Crippen LogP contribution in [0, 0.1) is 6.92 Å². The molecule has 3 rings (SSSR count). The van der Waals surface area contributed by atoms with E-state index in [-0.39, 0.29) is 6.04 Å². The van der Waals surface area contributed by atoms with E-state index in [9.17, 15) is 0 Å². The number of methoxy groups -OCH3 is 1. The third-order valence-electron chi connectivity index (χ3n) is 4.01. The summed E-state index contributed by atoms with van der Waals surface area (Å²) in [6.45, 7) is 4.76. The molecule has 1 aliphatic heterocycles. The molecule has 1 aliphatic rings. The standard InChI is InChI=1S/C14H20N4OS/c1-10-13(20-9-15-10)7-18-5-4-11-6-16-17(2)14(11)12(18)8-19-3/h6,9,12H,4-5,7-8H2,1-3H3. The molecule has 0 aromatic carbocycles. The van der Waals surface area contributed by atoms with E-state index < -0.39 is 0 Å². The maximum atomic E-state index is 5.45. The molecule has 5 nitrogen and oxygen atoms in total. The lowest BCUT2D eigenvalue weighted by molar-refractivity contribution is 0.0739. The summed E-state index contributed by atoms with van der Waals surface area (Å²) in [5, 5.41) is 4.40. The molecule has 2 aromatic rings. The Labute approximate surface area is 123 Å². The van der Waals surface area contributed by atoms with Crippen molar-refractivity contribution in [1.29, 1.82) is 0 Å². The summed E-state index contributed by atoms with van der Waals surface area (Å²) in [6, 6.07) is 0.276. The van der Waals surface area contributed by atoms with E-state index in [1.807, 2.05) is 23.4 Å². The van der Waals surface area contributed by atoms with Crippen molar-refractivity contribution in [3.8, 4) is 0 Å². The van der Waals surface area contributed by atoms with Crippen molar-refractivity contribution in [3.05, 3.63) is 33.5 Å². The maximum Gasteiger partial charge on any atom is 0.0798 e. The third kappa shape index (κ3) is 2.39. The van der Waals surface area contributed by atoms with Crippen LogP contribution in [0.15, 0.2) is 11.7 Å². The Balaban J connectivity index is 1.88. The number of thiazole rings is 1. The van der Waals surface area contributed by atoms with Gasteiger partial charge in [-0.3, -0.25) is 9.58 Å². The molecule has 0 saturated carbocycles. The molecule has 0 saturated heterocycles. The summed E-state index contributed by atoms with van der Waals surface area (Å²) >= 11 is 1.73. The average Bonchev–Trinajstić information content (AvgIpc) is 3.00. The van der Waals surface area contributed by atoms with Gasteiger partial charge in [0.1, 0.15) is 0 Å². The number of aromatic nitrogens is 3. The van der Waals surface area contributed by atoms with E-state index in [2.05, 4.69) is 21.9 Å². The Morgan fingerprint density at radius 1 is 1.50 bits per heavy atom. The Morgan fingerprint density at radius 3 is 3.05 bits per heavy atom. The van der Waals surface area contributed by atoms with E-state index in [0.29, 0.717) is 6.61 Å². The summed E-state index contributed by atoms with van der Waals surface area (Å²) in [5.41, 5.74) is 5.71. The molecular formula is C14H20N4OS. The monoisotopic (exact) mass is 292 g/mol. The molecule has 2 aromatic heterocycles. The van der Waals surface area contributed by atoms with Crippen LogP contribution in [0.1, 0.15) is 27.9 Å². The van der Waals surface area contributed by atoms with Gasteiger partial charge >= 0.3 is 0 Å². The summed E-state index contributed by atoms with van der Waals surface area (Å²) in [7, 11) is 3.78. The molecule has 1 atom stereocenters.